The van der Waals surface area contributed by atoms with Crippen LogP contribution in [0.4, 0.5) is 5.69 Å². The molecule has 1 amide bonds. The third kappa shape index (κ3) is 3.22. The van der Waals surface area contributed by atoms with Gasteiger partial charge in [-0.05, 0) is 53.1 Å². The van der Waals surface area contributed by atoms with E-state index in [9.17, 15) is 9.59 Å². The molecular weight excluding hydrogens is 445 g/mol. The number of hydrogen-bond acceptors (Lipinski definition) is 3. The summed E-state index contributed by atoms with van der Waals surface area (Å²) >= 11 is 12.5. The number of carbonyl (C=O) groups is 2. The van der Waals surface area contributed by atoms with Crippen molar-refractivity contribution < 1.29 is 14.3 Å². The number of rotatable bonds is 3. The van der Waals surface area contributed by atoms with Crippen molar-refractivity contribution in [2.75, 3.05) is 12.4 Å². The predicted molar refractivity (Wildman–Crippen MR) is 127 cm³/mol. The zero-order chi connectivity index (χ0) is 22.5. The molecule has 1 spiro atoms. The van der Waals surface area contributed by atoms with Gasteiger partial charge in [0, 0.05) is 33.6 Å². The van der Waals surface area contributed by atoms with Crippen LogP contribution in [0.15, 0.2) is 72.8 Å². The van der Waals surface area contributed by atoms with Gasteiger partial charge in [-0.1, -0.05) is 59.6 Å². The molecule has 5 rings (SSSR count). The molecule has 3 aromatic carbocycles. The van der Waals surface area contributed by atoms with E-state index in [0.29, 0.717) is 27.1 Å². The number of Topliss-reactive ketones (excluding diaryl/α,β-unsaturated/α-hetero) is 1. The maximum atomic E-state index is 13.6. The molecule has 2 aliphatic rings. The molecule has 0 saturated heterocycles. The molecule has 1 aliphatic heterocycles. The summed E-state index contributed by atoms with van der Waals surface area (Å²) in [5.41, 5.74) is 2.51. The van der Waals surface area contributed by atoms with Crippen molar-refractivity contribution in [1.82, 2.24) is 0 Å². The van der Waals surface area contributed by atoms with Gasteiger partial charge < -0.3 is 10.1 Å². The van der Waals surface area contributed by atoms with E-state index in [0.717, 1.165) is 16.7 Å². The van der Waals surface area contributed by atoms with Crippen molar-refractivity contribution in [3.8, 4) is 5.75 Å². The molecule has 3 aromatic rings. The highest BCUT2D eigenvalue weighted by Crippen LogP contribution is 2.54. The van der Waals surface area contributed by atoms with E-state index in [1.165, 1.54) is 0 Å². The molecule has 0 unspecified atom stereocenters. The van der Waals surface area contributed by atoms with Crippen molar-refractivity contribution in [2.24, 2.45) is 0 Å². The summed E-state index contributed by atoms with van der Waals surface area (Å²) in [5.74, 6) is 0.0834. The Balaban J connectivity index is 1.75. The van der Waals surface area contributed by atoms with E-state index in [1.54, 1.807) is 25.3 Å². The van der Waals surface area contributed by atoms with Gasteiger partial charge in [-0.3, -0.25) is 9.59 Å². The predicted octanol–water partition coefficient (Wildman–Crippen LogP) is 6.03. The maximum Gasteiger partial charge on any atom is 0.239 e. The minimum Gasteiger partial charge on any atom is -0.497 e. The van der Waals surface area contributed by atoms with Crippen LogP contribution in [0.25, 0.3) is 5.57 Å². The second kappa shape index (κ2) is 7.80. The quantitative estimate of drug-likeness (QED) is 0.515. The Hall–Kier alpha value is -3.08. The van der Waals surface area contributed by atoms with E-state index >= 15 is 0 Å². The van der Waals surface area contributed by atoms with Crippen molar-refractivity contribution in [3.63, 3.8) is 0 Å². The summed E-state index contributed by atoms with van der Waals surface area (Å²) in [7, 11) is 1.59. The number of carbonyl (C=O) groups excluding carboxylic acids is 2. The first-order valence-electron chi connectivity index (χ1n) is 10.2. The summed E-state index contributed by atoms with van der Waals surface area (Å²) in [6, 6.07) is 20.0. The van der Waals surface area contributed by atoms with Crippen LogP contribution < -0.4 is 10.1 Å². The lowest BCUT2D eigenvalue weighted by atomic mass is 9.61. The molecule has 6 heteroatoms. The van der Waals surface area contributed by atoms with Gasteiger partial charge in [0.15, 0.2) is 5.78 Å². The molecule has 0 radical (unpaired) electrons. The van der Waals surface area contributed by atoms with Gasteiger partial charge in [-0.15, -0.1) is 0 Å². The molecule has 0 aromatic heterocycles. The number of amides is 1. The number of fused-ring (bicyclic) bond motifs is 2. The molecule has 4 nitrogen and oxygen atoms in total. The SMILES string of the molecule is COc1ccc(C2=C[C@@]3(C(=O)Nc4cc(Cl)ccc43)[C@H](c3cccc(Cl)c3)CC2=O)cc1. The Bertz CT molecular complexity index is 1280. The van der Waals surface area contributed by atoms with Crippen LogP contribution in [0.3, 0.4) is 0 Å². The number of nitrogens with one attached hydrogen (secondary N) is 1. The van der Waals surface area contributed by atoms with Gasteiger partial charge in [0.1, 0.15) is 11.2 Å². The summed E-state index contributed by atoms with van der Waals surface area (Å²) in [6.07, 6.45) is 2.00. The van der Waals surface area contributed by atoms with Crippen molar-refractivity contribution >= 4 is 46.2 Å². The number of allylic oxidation sites excluding steroid dienone is 1. The average Bonchev–Trinajstić information content (AvgIpc) is 3.05. The van der Waals surface area contributed by atoms with E-state index in [1.807, 2.05) is 54.6 Å². The lowest BCUT2D eigenvalue weighted by Gasteiger charge is -2.38. The number of benzene rings is 3. The molecule has 1 heterocycles. The number of ketones is 1. The first kappa shape index (κ1) is 20.8. The smallest absolute Gasteiger partial charge is 0.239 e. The van der Waals surface area contributed by atoms with Gasteiger partial charge in [0.25, 0.3) is 0 Å². The highest BCUT2D eigenvalue weighted by molar-refractivity contribution is 6.31. The van der Waals surface area contributed by atoms with Crippen LogP contribution in [0.1, 0.15) is 29.0 Å². The number of anilines is 1. The molecule has 0 bridgehead atoms. The largest absolute Gasteiger partial charge is 0.497 e. The van der Waals surface area contributed by atoms with Gasteiger partial charge in [-0.2, -0.15) is 0 Å². The van der Waals surface area contributed by atoms with Crippen molar-refractivity contribution in [3.05, 3.63) is 99.5 Å². The summed E-state index contributed by atoms with van der Waals surface area (Å²) in [5, 5.41) is 4.08. The fourth-order valence-corrected chi connectivity index (χ4v) is 5.17. The van der Waals surface area contributed by atoms with Crippen molar-refractivity contribution in [2.45, 2.75) is 17.8 Å². The summed E-state index contributed by atoms with van der Waals surface area (Å²) in [6.45, 7) is 0. The van der Waals surface area contributed by atoms with Gasteiger partial charge in [-0.25, -0.2) is 0 Å². The van der Waals surface area contributed by atoms with E-state index in [4.69, 9.17) is 27.9 Å². The molecule has 2 atom stereocenters. The first-order valence-corrected chi connectivity index (χ1v) is 11.0. The topological polar surface area (TPSA) is 55.4 Å². The first-order chi connectivity index (χ1) is 15.4. The monoisotopic (exact) mass is 463 g/mol. The Morgan fingerprint density at radius 2 is 1.72 bits per heavy atom. The Labute approximate surface area is 195 Å². The fraction of sp³-hybridized carbons (Fsp3) is 0.154. The van der Waals surface area contributed by atoms with Gasteiger partial charge in [0.05, 0.1) is 7.11 Å². The van der Waals surface area contributed by atoms with Crippen molar-refractivity contribution in [1.29, 1.82) is 0 Å². The Morgan fingerprint density at radius 1 is 0.969 bits per heavy atom. The minimum atomic E-state index is -1.06. The molecule has 0 saturated carbocycles. The average molecular weight is 464 g/mol. The van der Waals surface area contributed by atoms with E-state index in [2.05, 4.69) is 5.32 Å². The molecule has 160 valence electrons. The highest BCUT2D eigenvalue weighted by Gasteiger charge is 2.54. The second-order valence-electron chi connectivity index (χ2n) is 8.03. The van der Waals surface area contributed by atoms with Crippen LogP contribution in [-0.2, 0) is 15.0 Å². The number of hydrogen-bond donors (Lipinski definition) is 1. The lowest BCUT2D eigenvalue weighted by molar-refractivity contribution is -0.121. The third-order valence-electron chi connectivity index (χ3n) is 6.31. The van der Waals surface area contributed by atoms with Crippen LogP contribution in [0.2, 0.25) is 10.0 Å². The molecule has 1 aliphatic carbocycles. The maximum absolute atomic E-state index is 13.6. The number of methoxy groups -OCH3 is 1. The van der Waals surface area contributed by atoms with Crippen LogP contribution in [-0.4, -0.2) is 18.8 Å². The molecule has 32 heavy (non-hydrogen) atoms. The lowest BCUT2D eigenvalue weighted by Crippen LogP contribution is -2.43. The van der Waals surface area contributed by atoms with E-state index in [-0.39, 0.29) is 18.1 Å². The molecule has 1 N–H and O–H groups in total. The Morgan fingerprint density at radius 3 is 2.44 bits per heavy atom. The van der Waals surface area contributed by atoms with E-state index < -0.39 is 11.3 Å². The molecule has 0 fully saturated rings. The van der Waals surface area contributed by atoms with Gasteiger partial charge in [0.2, 0.25) is 5.91 Å². The zero-order valence-electron chi connectivity index (χ0n) is 17.2. The van der Waals surface area contributed by atoms with Gasteiger partial charge >= 0.3 is 0 Å². The van der Waals surface area contributed by atoms with Crippen LogP contribution in [0.5, 0.6) is 5.75 Å². The summed E-state index contributed by atoms with van der Waals surface area (Å²) < 4.78 is 5.24. The number of halogens is 2. The molecular formula is C26H19Cl2NO3. The van der Waals surface area contributed by atoms with Crippen LogP contribution in [0, 0.1) is 0 Å². The normalized spacial score (nSPS) is 21.8. The summed E-state index contributed by atoms with van der Waals surface area (Å²) in [4.78, 5) is 27.0. The fourth-order valence-electron chi connectivity index (χ4n) is 4.80. The minimum absolute atomic E-state index is 0.0269. The third-order valence-corrected chi connectivity index (χ3v) is 6.79. The second-order valence-corrected chi connectivity index (χ2v) is 8.91. The zero-order valence-corrected chi connectivity index (χ0v) is 18.7. The van der Waals surface area contributed by atoms with Crippen LogP contribution >= 0.6 is 23.2 Å². The number of ether oxygens (including phenoxy) is 1. The standard InChI is InChI=1S/C26H19Cl2NO3/c1-32-19-8-5-15(6-9-19)20-14-26(21-10-7-18(28)12-23(21)29-25(26)31)22(13-24(20)30)16-3-2-4-17(27)11-16/h2-12,14,22H,13H2,1H3,(H,29,31)/t22-,26-/m0/s1. The highest BCUT2D eigenvalue weighted by atomic mass is 35.5. The Kier molecular flexibility index (Phi) is 5.07.